The highest BCUT2D eigenvalue weighted by molar-refractivity contribution is 5.89. The summed E-state index contributed by atoms with van der Waals surface area (Å²) in [7, 11) is 1.86. The minimum atomic E-state index is -0.912. The summed E-state index contributed by atoms with van der Waals surface area (Å²) in [4.78, 5) is 24.5. The molecule has 0 aliphatic rings. The summed E-state index contributed by atoms with van der Waals surface area (Å²) in [6.07, 6.45) is -0.0684. The van der Waals surface area contributed by atoms with Gasteiger partial charge in [-0.15, -0.1) is 0 Å². The van der Waals surface area contributed by atoms with Crippen LogP contribution in [0.25, 0.3) is 0 Å². The summed E-state index contributed by atoms with van der Waals surface area (Å²) in [5.41, 5.74) is 1.77. The van der Waals surface area contributed by atoms with E-state index in [9.17, 15) is 9.59 Å². The van der Waals surface area contributed by atoms with Gasteiger partial charge in [-0.25, -0.2) is 4.79 Å². The first-order valence-electron chi connectivity index (χ1n) is 7.00. The van der Waals surface area contributed by atoms with Gasteiger partial charge in [0.05, 0.1) is 6.42 Å². The van der Waals surface area contributed by atoms with Crippen molar-refractivity contribution in [2.24, 2.45) is 0 Å². The SMILES string of the molecule is CCN(C(=O)Nc1cccc(CNC)c1)C(C)CC(=O)O. The Bertz CT molecular complexity index is 491. The molecule has 0 saturated carbocycles. The van der Waals surface area contributed by atoms with Gasteiger partial charge in [0.15, 0.2) is 0 Å². The molecule has 0 radical (unpaired) electrons. The number of benzene rings is 1. The smallest absolute Gasteiger partial charge is 0.322 e. The number of amides is 2. The Morgan fingerprint density at radius 2 is 2.10 bits per heavy atom. The maximum absolute atomic E-state index is 12.2. The van der Waals surface area contributed by atoms with Crippen molar-refractivity contribution in [2.75, 3.05) is 18.9 Å². The van der Waals surface area contributed by atoms with Gasteiger partial charge in [-0.2, -0.15) is 0 Å². The van der Waals surface area contributed by atoms with E-state index in [0.717, 1.165) is 12.1 Å². The third-order valence-electron chi connectivity index (χ3n) is 3.16. The van der Waals surface area contributed by atoms with Crippen LogP contribution in [-0.2, 0) is 11.3 Å². The molecule has 0 fully saturated rings. The van der Waals surface area contributed by atoms with Gasteiger partial charge in [-0.1, -0.05) is 12.1 Å². The topological polar surface area (TPSA) is 81.7 Å². The van der Waals surface area contributed by atoms with Gasteiger partial charge in [0.2, 0.25) is 0 Å². The van der Waals surface area contributed by atoms with Crippen LogP contribution < -0.4 is 10.6 Å². The van der Waals surface area contributed by atoms with E-state index in [1.807, 2.05) is 38.2 Å². The molecule has 0 aliphatic carbocycles. The monoisotopic (exact) mass is 293 g/mol. The van der Waals surface area contributed by atoms with E-state index in [1.54, 1.807) is 6.92 Å². The van der Waals surface area contributed by atoms with Crippen LogP contribution in [0.15, 0.2) is 24.3 Å². The summed E-state index contributed by atoms with van der Waals surface area (Å²) >= 11 is 0. The molecule has 0 aliphatic heterocycles. The number of aliphatic carboxylic acids is 1. The normalized spacial score (nSPS) is 11.8. The molecular formula is C15H23N3O3. The summed E-state index contributed by atoms with van der Waals surface area (Å²) in [5.74, 6) is -0.912. The fraction of sp³-hybridized carbons (Fsp3) is 0.467. The largest absolute Gasteiger partial charge is 0.481 e. The fourth-order valence-electron chi connectivity index (χ4n) is 2.18. The molecule has 2 amide bonds. The molecule has 1 unspecified atom stereocenters. The zero-order chi connectivity index (χ0) is 15.8. The summed E-state index contributed by atoms with van der Waals surface area (Å²) < 4.78 is 0. The van der Waals surface area contributed by atoms with Gasteiger partial charge in [0, 0.05) is 24.8 Å². The van der Waals surface area contributed by atoms with Crippen molar-refractivity contribution in [1.29, 1.82) is 0 Å². The van der Waals surface area contributed by atoms with Gasteiger partial charge >= 0.3 is 12.0 Å². The third-order valence-corrected chi connectivity index (χ3v) is 3.16. The van der Waals surface area contributed by atoms with E-state index in [4.69, 9.17) is 5.11 Å². The number of carboxylic acids is 1. The molecule has 1 atom stereocenters. The molecule has 1 aromatic carbocycles. The summed E-state index contributed by atoms with van der Waals surface area (Å²) in [5, 5.41) is 14.7. The second-order valence-corrected chi connectivity index (χ2v) is 4.89. The van der Waals surface area contributed by atoms with Crippen molar-refractivity contribution < 1.29 is 14.7 Å². The molecule has 0 spiro atoms. The molecule has 116 valence electrons. The van der Waals surface area contributed by atoms with Crippen molar-refractivity contribution >= 4 is 17.7 Å². The highest BCUT2D eigenvalue weighted by Gasteiger charge is 2.20. The molecule has 6 nitrogen and oxygen atoms in total. The second-order valence-electron chi connectivity index (χ2n) is 4.89. The van der Waals surface area contributed by atoms with Crippen LogP contribution in [0.2, 0.25) is 0 Å². The second kappa shape index (κ2) is 8.26. The van der Waals surface area contributed by atoms with Crippen LogP contribution in [-0.4, -0.2) is 41.6 Å². The molecule has 0 bridgehead atoms. The zero-order valence-corrected chi connectivity index (χ0v) is 12.7. The number of hydrogen-bond donors (Lipinski definition) is 3. The fourth-order valence-corrected chi connectivity index (χ4v) is 2.18. The average molecular weight is 293 g/mol. The van der Waals surface area contributed by atoms with E-state index in [0.29, 0.717) is 12.2 Å². The number of carbonyl (C=O) groups is 2. The zero-order valence-electron chi connectivity index (χ0n) is 12.7. The first-order chi connectivity index (χ1) is 9.97. The van der Waals surface area contributed by atoms with Crippen molar-refractivity contribution in [3.05, 3.63) is 29.8 Å². The molecule has 1 aromatic rings. The number of nitrogens with one attached hydrogen (secondary N) is 2. The van der Waals surface area contributed by atoms with Gasteiger partial charge in [0.25, 0.3) is 0 Å². The van der Waals surface area contributed by atoms with E-state index >= 15 is 0 Å². The quantitative estimate of drug-likeness (QED) is 0.719. The number of anilines is 1. The maximum Gasteiger partial charge on any atom is 0.322 e. The number of carbonyl (C=O) groups excluding carboxylic acids is 1. The standard InChI is InChI=1S/C15H23N3O3/c1-4-18(11(2)8-14(19)20)15(21)17-13-7-5-6-12(9-13)10-16-3/h5-7,9,11,16H,4,8,10H2,1-3H3,(H,17,21)(H,19,20). The minimum absolute atomic E-state index is 0.0684. The van der Waals surface area contributed by atoms with E-state index in [-0.39, 0.29) is 18.5 Å². The van der Waals surface area contributed by atoms with Crippen molar-refractivity contribution in [2.45, 2.75) is 32.9 Å². The lowest BCUT2D eigenvalue weighted by molar-refractivity contribution is -0.137. The molecular weight excluding hydrogens is 270 g/mol. The number of rotatable bonds is 7. The van der Waals surface area contributed by atoms with Gasteiger partial charge < -0.3 is 20.6 Å². The van der Waals surface area contributed by atoms with Crippen LogP contribution in [0.5, 0.6) is 0 Å². The Balaban J connectivity index is 2.73. The van der Waals surface area contributed by atoms with Gasteiger partial charge in [0.1, 0.15) is 0 Å². The lowest BCUT2D eigenvalue weighted by Crippen LogP contribution is -2.42. The molecule has 3 N–H and O–H groups in total. The van der Waals surface area contributed by atoms with Gasteiger partial charge in [-0.3, -0.25) is 4.79 Å². The van der Waals surface area contributed by atoms with Crippen LogP contribution in [0.4, 0.5) is 10.5 Å². The predicted octanol–water partition coefficient (Wildman–Crippen LogP) is 2.12. The van der Waals surface area contributed by atoms with Crippen LogP contribution >= 0.6 is 0 Å². The lowest BCUT2D eigenvalue weighted by Gasteiger charge is -2.27. The Morgan fingerprint density at radius 3 is 2.67 bits per heavy atom. The Morgan fingerprint density at radius 1 is 1.38 bits per heavy atom. The van der Waals surface area contributed by atoms with Gasteiger partial charge in [-0.05, 0) is 38.6 Å². The number of carboxylic acid groups (broad SMARTS) is 1. The van der Waals surface area contributed by atoms with Crippen molar-refractivity contribution in [1.82, 2.24) is 10.2 Å². The third kappa shape index (κ3) is 5.43. The number of hydrogen-bond acceptors (Lipinski definition) is 3. The molecule has 21 heavy (non-hydrogen) atoms. The minimum Gasteiger partial charge on any atom is -0.481 e. The van der Waals surface area contributed by atoms with Crippen LogP contribution in [0.1, 0.15) is 25.8 Å². The molecule has 0 saturated heterocycles. The summed E-state index contributed by atoms with van der Waals surface area (Å²) in [6, 6.07) is 6.91. The molecule has 1 rings (SSSR count). The first-order valence-corrected chi connectivity index (χ1v) is 7.00. The van der Waals surface area contributed by atoms with Crippen LogP contribution in [0.3, 0.4) is 0 Å². The van der Waals surface area contributed by atoms with E-state index < -0.39 is 5.97 Å². The molecule has 6 heteroatoms. The van der Waals surface area contributed by atoms with Crippen molar-refractivity contribution in [3.63, 3.8) is 0 Å². The lowest BCUT2D eigenvalue weighted by atomic mass is 10.2. The Labute approximate surface area is 125 Å². The first kappa shape index (κ1) is 17.0. The average Bonchev–Trinajstić information content (AvgIpc) is 2.39. The maximum atomic E-state index is 12.2. The predicted molar refractivity (Wildman–Crippen MR) is 82.3 cm³/mol. The molecule has 0 aromatic heterocycles. The van der Waals surface area contributed by atoms with Crippen molar-refractivity contribution in [3.8, 4) is 0 Å². The Hall–Kier alpha value is -2.08. The molecule has 0 heterocycles. The Kier molecular flexibility index (Phi) is 6.68. The number of nitrogens with zero attached hydrogens (tertiary/aromatic N) is 1. The van der Waals surface area contributed by atoms with E-state index in [1.165, 1.54) is 4.90 Å². The summed E-state index contributed by atoms with van der Waals surface area (Å²) in [6.45, 7) is 4.73. The number of urea groups is 1. The highest BCUT2D eigenvalue weighted by Crippen LogP contribution is 2.13. The van der Waals surface area contributed by atoms with Crippen LogP contribution in [0, 0.1) is 0 Å². The highest BCUT2D eigenvalue weighted by atomic mass is 16.4. The van der Waals surface area contributed by atoms with E-state index in [2.05, 4.69) is 10.6 Å².